The summed E-state index contributed by atoms with van der Waals surface area (Å²) in [5.74, 6) is -0.793. The molecule has 2 aromatic rings. The molecule has 2 aromatic carbocycles. The molecule has 0 heterocycles. The monoisotopic (exact) mass is 530 g/mol. The molecule has 0 aliphatic rings. The van der Waals surface area contributed by atoms with E-state index in [1.165, 1.54) is 18.2 Å². The van der Waals surface area contributed by atoms with Crippen molar-refractivity contribution in [3.05, 3.63) is 62.6 Å². The smallest absolute Gasteiger partial charge is 0.454 e. The van der Waals surface area contributed by atoms with Crippen LogP contribution >= 0.6 is 46.4 Å². The van der Waals surface area contributed by atoms with Gasteiger partial charge >= 0.3 is 6.18 Å². The van der Waals surface area contributed by atoms with Crippen molar-refractivity contribution >= 4 is 52.2 Å². The summed E-state index contributed by atoms with van der Waals surface area (Å²) >= 11 is 23.4. The number of ether oxygens (including phenoxy) is 3. The Bertz CT molecular complexity index is 920. The van der Waals surface area contributed by atoms with Crippen molar-refractivity contribution in [2.45, 2.75) is 19.0 Å². The summed E-state index contributed by atoms with van der Waals surface area (Å²) in [7, 11) is 0. The number of carbonyl (C=O) groups is 1. The van der Waals surface area contributed by atoms with Crippen molar-refractivity contribution in [2.24, 2.45) is 0 Å². The fraction of sp³-hybridized carbons (Fsp3) is 0.286. The van der Waals surface area contributed by atoms with Crippen molar-refractivity contribution < 1.29 is 32.2 Å². The van der Waals surface area contributed by atoms with Gasteiger partial charge in [0.05, 0.1) is 23.3 Å². The highest BCUT2D eigenvalue weighted by molar-refractivity contribution is 6.55. The third kappa shape index (κ3) is 8.62. The van der Waals surface area contributed by atoms with E-state index in [2.05, 4.69) is 0 Å². The van der Waals surface area contributed by atoms with E-state index in [9.17, 15) is 18.0 Å². The van der Waals surface area contributed by atoms with Crippen molar-refractivity contribution in [2.75, 3.05) is 19.8 Å². The molecule has 0 spiro atoms. The number of benzene rings is 2. The lowest BCUT2D eigenvalue weighted by molar-refractivity contribution is -0.0885. The number of hydrogen-bond acceptors (Lipinski definition) is 4. The average molecular weight is 532 g/mol. The molecular formula is C21H17Cl4F3O4. The van der Waals surface area contributed by atoms with Crippen molar-refractivity contribution in [3.8, 4) is 17.2 Å². The quantitative estimate of drug-likeness (QED) is 0.220. The van der Waals surface area contributed by atoms with Crippen LogP contribution in [0.3, 0.4) is 0 Å². The lowest BCUT2D eigenvalue weighted by Gasteiger charge is -2.12. The standard InChI is InChI=1S/C21H17Cl4F3O4/c22-16-11-15(31-10-7-18(24)25)12-17(23)19(16)32-9-2-1-8-30-14-5-3-13(4-6-14)20(29)21(26,27)28/h3-7,11-12H,1-2,8-10H2. The van der Waals surface area contributed by atoms with Crippen LogP contribution in [0.25, 0.3) is 0 Å². The summed E-state index contributed by atoms with van der Waals surface area (Å²) < 4.78 is 53.8. The number of unbranched alkanes of at least 4 members (excludes halogenated alkanes) is 1. The van der Waals surface area contributed by atoms with Crippen LogP contribution in [-0.2, 0) is 0 Å². The van der Waals surface area contributed by atoms with Gasteiger partial charge < -0.3 is 14.2 Å². The number of ketones is 1. The van der Waals surface area contributed by atoms with E-state index in [1.807, 2.05) is 0 Å². The van der Waals surface area contributed by atoms with Crippen LogP contribution in [0.5, 0.6) is 17.2 Å². The molecule has 0 saturated heterocycles. The second-order valence-electron chi connectivity index (χ2n) is 6.28. The Hall–Kier alpha value is -1.80. The number of hydrogen-bond donors (Lipinski definition) is 0. The average Bonchev–Trinajstić information content (AvgIpc) is 2.71. The normalized spacial score (nSPS) is 11.1. The lowest BCUT2D eigenvalue weighted by atomic mass is 10.1. The van der Waals surface area contributed by atoms with Gasteiger partial charge in [0.25, 0.3) is 5.78 Å². The fourth-order valence-corrected chi connectivity index (χ4v) is 3.10. The van der Waals surface area contributed by atoms with Gasteiger partial charge in [0.15, 0.2) is 5.75 Å². The van der Waals surface area contributed by atoms with Crippen LogP contribution in [0.4, 0.5) is 13.2 Å². The molecule has 0 fully saturated rings. The summed E-state index contributed by atoms with van der Waals surface area (Å²) in [6, 6.07) is 7.88. The first-order valence-corrected chi connectivity index (χ1v) is 10.7. The van der Waals surface area contributed by atoms with Gasteiger partial charge in [-0.1, -0.05) is 46.4 Å². The first-order valence-electron chi connectivity index (χ1n) is 9.18. The predicted octanol–water partition coefficient (Wildman–Crippen LogP) is 7.67. The Kier molecular flexibility index (Phi) is 10.3. The summed E-state index contributed by atoms with van der Waals surface area (Å²) in [6.07, 6.45) is -2.23. The zero-order valence-electron chi connectivity index (χ0n) is 16.4. The van der Waals surface area contributed by atoms with E-state index in [0.717, 1.165) is 12.1 Å². The molecule has 0 radical (unpaired) electrons. The largest absolute Gasteiger partial charge is 0.494 e. The zero-order valence-corrected chi connectivity index (χ0v) is 19.4. The highest BCUT2D eigenvalue weighted by Gasteiger charge is 2.39. The maximum absolute atomic E-state index is 12.4. The Labute approximate surface area is 202 Å². The number of alkyl halides is 3. The van der Waals surface area contributed by atoms with Crippen molar-refractivity contribution in [1.29, 1.82) is 0 Å². The molecule has 0 bridgehead atoms. The van der Waals surface area contributed by atoms with Gasteiger partial charge in [-0.25, -0.2) is 0 Å². The fourth-order valence-electron chi connectivity index (χ4n) is 2.39. The molecule has 0 amide bonds. The highest BCUT2D eigenvalue weighted by atomic mass is 35.5. The highest BCUT2D eigenvalue weighted by Crippen LogP contribution is 2.37. The van der Waals surface area contributed by atoms with E-state index in [1.54, 1.807) is 12.1 Å². The minimum atomic E-state index is -4.91. The van der Waals surface area contributed by atoms with Crippen molar-refractivity contribution in [1.82, 2.24) is 0 Å². The lowest BCUT2D eigenvalue weighted by Crippen LogP contribution is -2.22. The third-order valence-corrected chi connectivity index (χ3v) is 4.76. The number of rotatable bonds is 11. The zero-order chi connectivity index (χ0) is 23.7. The van der Waals surface area contributed by atoms with E-state index in [4.69, 9.17) is 60.6 Å². The van der Waals surface area contributed by atoms with Crippen LogP contribution < -0.4 is 14.2 Å². The first kappa shape index (κ1) is 26.5. The summed E-state index contributed by atoms with van der Waals surface area (Å²) in [5, 5.41) is 0.552. The van der Waals surface area contributed by atoms with Crippen LogP contribution in [0.1, 0.15) is 23.2 Å². The molecule has 11 heteroatoms. The summed E-state index contributed by atoms with van der Waals surface area (Å²) in [5.41, 5.74) is -0.442. The van der Waals surface area contributed by atoms with Crippen LogP contribution in [-0.4, -0.2) is 31.8 Å². The molecule has 0 aromatic heterocycles. The Morgan fingerprint density at radius 2 is 1.44 bits per heavy atom. The molecule has 0 aliphatic heterocycles. The van der Waals surface area contributed by atoms with Crippen LogP contribution in [0, 0.1) is 0 Å². The van der Waals surface area contributed by atoms with E-state index in [-0.39, 0.29) is 21.1 Å². The second kappa shape index (κ2) is 12.4. The van der Waals surface area contributed by atoms with Gasteiger partial charge in [-0.05, 0) is 43.2 Å². The molecule has 32 heavy (non-hydrogen) atoms. The maximum Gasteiger partial charge on any atom is 0.454 e. The van der Waals surface area contributed by atoms with Crippen LogP contribution in [0.2, 0.25) is 10.0 Å². The molecule has 2 rings (SSSR count). The SMILES string of the molecule is O=C(c1ccc(OCCCCOc2c(Cl)cc(OCC=C(Cl)Cl)cc2Cl)cc1)C(F)(F)F. The summed E-state index contributed by atoms with van der Waals surface area (Å²) in [6.45, 7) is 0.768. The van der Waals surface area contributed by atoms with Gasteiger partial charge in [0.2, 0.25) is 0 Å². The first-order chi connectivity index (χ1) is 15.1. The van der Waals surface area contributed by atoms with E-state index >= 15 is 0 Å². The summed E-state index contributed by atoms with van der Waals surface area (Å²) in [4.78, 5) is 11.1. The second-order valence-corrected chi connectivity index (χ2v) is 8.10. The van der Waals surface area contributed by atoms with Gasteiger partial charge in [0.1, 0.15) is 22.6 Å². The Morgan fingerprint density at radius 3 is 1.97 bits per heavy atom. The predicted molar refractivity (Wildman–Crippen MR) is 119 cm³/mol. The van der Waals surface area contributed by atoms with Gasteiger partial charge in [0, 0.05) is 17.7 Å². The maximum atomic E-state index is 12.4. The third-order valence-electron chi connectivity index (χ3n) is 3.89. The molecule has 0 aliphatic carbocycles. The van der Waals surface area contributed by atoms with E-state index in [0.29, 0.717) is 43.3 Å². The molecule has 0 unspecified atom stereocenters. The van der Waals surface area contributed by atoms with Crippen LogP contribution in [0.15, 0.2) is 47.0 Å². The Balaban J connectivity index is 1.74. The van der Waals surface area contributed by atoms with Gasteiger partial charge in [-0.15, -0.1) is 0 Å². The van der Waals surface area contributed by atoms with Gasteiger partial charge in [-0.3, -0.25) is 4.79 Å². The molecule has 0 N–H and O–H groups in total. The van der Waals surface area contributed by atoms with E-state index < -0.39 is 17.5 Å². The number of Topliss-reactive ketones (excluding diaryl/α,β-unsaturated/α-hetero) is 1. The number of carbonyl (C=O) groups excluding carboxylic acids is 1. The van der Waals surface area contributed by atoms with Gasteiger partial charge in [-0.2, -0.15) is 13.2 Å². The minimum Gasteiger partial charge on any atom is -0.494 e. The molecule has 0 atom stereocenters. The molecule has 174 valence electrons. The number of halogens is 7. The molecular weight excluding hydrogens is 515 g/mol. The van der Waals surface area contributed by atoms with Crippen molar-refractivity contribution in [3.63, 3.8) is 0 Å². The minimum absolute atomic E-state index is 0.0831. The molecule has 4 nitrogen and oxygen atoms in total. The molecule has 0 saturated carbocycles. The topological polar surface area (TPSA) is 44.8 Å². The Morgan fingerprint density at radius 1 is 0.875 bits per heavy atom.